The van der Waals surface area contributed by atoms with Crippen LogP contribution in [-0.4, -0.2) is 22.2 Å². The predicted octanol–water partition coefficient (Wildman–Crippen LogP) is 0.168. The van der Waals surface area contributed by atoms with Gasteiger partial charge in [-0.25, -0.2) is 4.79 Å². The number of nitrogens with two attached hydrogens (primary N) is 1. The largest absolute Gasteiger partial charge is 0.481 e. The van der Waals surface area contributed by atoms with Crippen molar-refractivity contribution in [3.63, 3.8) is 0 Å². The molecule has 0 aromatic rings. The number of hydrogen-bond acceptors (Lipinski definition) is 3. The monoisotopic (exact) mass is 185 g/mol. The Hall–Kier alpha value is -1.52. The highest BCUT2D eigenvalue weighted by Gasteiger charge is 2.32. The highest BCUT2D eigenvalue weighted by atomic mass is 16.4. The summed E-state index contributed by atoms with van der Waals surface area (Å²) in [6.07, 6.45) is 1.47. The number of hydrogen-bond donors (Lipinski definition) is 3. The van der Waals surface area contributed by atoms with Gasteiger partial charge >= 0.3 is 11.9 Å². The molecule has 0 aliphatic heterocycles. The van der Waals surface area contributed by atoms with E-state index >= 15 is 0 Å². The molecule has 5 nitrogen and oxygen atoms in total. The number of carboxylic acids is 2. The third-order valence-corrected chi connectivity index (χ3v) is 2.16. The fourth-order valence-electron chi connectivity index (χ4n) is 1.53. The molecule has 0 bridgehead atoms. The molecule has 0 aromatic carbocycles. The van der Waals surface area contributed by atoms with Crippen molar-refractivity contribution in [1.29, 1.82) is 0 Å². The lowest BCUT2D eigenvalue weighted by Gasteiger charge is -2.20. The van der Waals surface area contributed by atoms with E-state index in [2.05, 4.69) is 0 Å². The van der Waals surface area contributed by atoms with Crippen molar-refractivity contribution in [2.45, 2.75) is 19.3 Å². The molecule has 0 saturated carbocycles. The van der Waals surface area contributed by atoms with Gasteiger partial charge in [0, 0.05) is 5.70 Å². The summed E-state index contributed by atoms with van der Waals surface area (Å²) in [5.41, 5.74) is 5.50. The standard InChI is InChI=1S/C8H11NO4/c9-5-3-1-2-4(7(10)11)6(5)8(12)13/h4H,1-3,9H2,(H,10,11)(H,12,13). The average molecular weight is 185 g/mol. The zero-order chi connectivity index (χ0) is 10.0. The first kappa shape index (κ1) is 9.57. The van der Waals surface area contributed by atoms with E-state index in [1.807, 2.05) is 0 Å². The zero-order valence-corrected chi connectivity index (χ0v) is 6.99. The lowest BCUT2D eigenvalue weighted by atomic mass is 9.86. The molecular weight excluding hydrogens is 174 g/mol. The van der Waals surface area contributed by atoms with E-state index in [1.54, 1.807) is 0 Å². The van der Waals surface area contributed by atoms with Gasteiger partial charge in [0.2, 0.25) is 0 Å². The molecule has 5 heteroatoms. The van der Waals surface area contributed by atoms with E-state index in [4.69, 9.17) is 15.9 Å². The molecule has 4 N–H and O–H groups in total. The van der Waals surface area contributed by atoms with Crippen LogP contribution in [0.15, 0.2) is 11.3 Å². The second-order valence-electron chi connectivity index (χ2n) is 3.03. The van der Waals surface area contributed by atoms with Crippen LogP contribution in [0.2, 0.25) is 0 Å². The SMILES string of the molecule is NC1=C(C(=O)O)C(C(=O)O)CCC1. The molecule has 0 aromatic heterocycles. The Bertz CT molecular complexity index is 282. The van der Waals surface area contributed by atoms with Gasteiger partial charge in [0.05, 0.1) is 11.5 Å². The van der Waals surface area contributed by atoms with Gasteiger partial charge in [0.25, 0.3) is 0 Å². The van der Waals surface area contributed by atoms with E-state index in [-0.39, 0.29) is 11.3 Å². The average Bonchev–Trinajstić information content (AvgIpc) is 2.02. The lowest BCUT2D eigenvalue weighted by molar-refractivity contribution is -0.144. The molecule has 72 valence electrons. The summed E-state index contributed by atoms with van der Waals surface area (Å²) in [6.45, 7) is 0. The zero-order valence-electron chi connectivity index (χ0n) is 6.99. The van der Waals surface area contributed by atoms with Gasteiger partial charge in [-0.05, 0) is 19.3 Å². The first-order chi connectivity index (χ1) is 6.04. The van der Waals surface area contributed by atoms with Crippen LogP contribution < -0.4 is 5.73 Å². The van der Waals surface area contributed by atoms with Crippen molar-refractivity contribution in [2.75, 3.05) is 0 Å². The number of carboxylic acid groups (broad SMARTS) is 2. The van der Waals surface area contributed by atoms with E-state index in [9.17, 15) is 9.59 Å². The summed E-state index contributed by atoms with van der Waals surface area (Å²) in [4.78, 5) is 21.3. The molecule has 1 aliphatic carbocycles. The Balaban J connectivity index is 3.03. The molecule has 0 spiro atoms. The Labute approximate surface area is 74.8 Å². The minimum Gasteiger partial charge on any atom is -0.481 e. The van der Waals surface area contributed by atoms with E-state index in [0.717, 1.165) is 0 Å². The van der Waals surface area contributed by atoms with Crippen molar-refractivity contribution >= 4 is 11.9 Å². The van der Waals surface area contributed by atoms with Gasteiger partial charge in [-0.3, -0.25) is 4.79 Å². The Morgan fingerprint density at radius 2 is 2.00 bits per heavy atom. The second kappa shape index (κ2) is 3.47. The first-order valence-corrected chi connectivity index (χ1v) is 3.98. The number of rotatable bonds is 2. The summed E-state index contributed by atoms with van der Waals surface area (Å²) >= 11 is 0. The minimum atomic E-state index is -1.22. The fourth-order valence-corrected chi connectivity index (χ4v) is 1.53. The predicted molar refractivity (Wildman–Crippen MR) is 43.8 cm³/mol. The summed E-state index contributed by atoms with van der Waals surface area (Å²) < 4.78 is 0. The maximum Gasteiger partial charge on any atom is 0.334 e. The van der Waals surface area contributed by atoms with Crippen LogP contribution in [0.1, 0.15) is 19.3 Å². The van der Waals surface area contributed by atoms with Gasteiger partial charge in [0.15, 0.2) is 0 Å². The molecule has 0 heterocycles. The Kier molecular flexibility index (Phi) is 2.55. The molecular formula is C8H11NO4. The van der Waals surface area contributed by atoms with Crippen LogP contribution in [0.25, 0.3) is 0 Å². The van der Waals surface area contributed by atoms with E-state index in [1.165, 1.54) is 0 Å². The molecule has 0 saturated heterocycles. The van der Waals surface area contributed by atoms with Gasteiger partial charge < -0.3 is 15.9 Å². The number of allylic oxidation sites excluding steroid dienone is 1. The highest BCUT2D eigenvalue weighted by Crippen LogP contribution is 2.27. The molecule has 0 radical (unpaired) electrons. The van der Waals surface area contributed by atoms with Gasteiger partial charge in [-0.1, -0.05) is 0 Å². The maximum atomic E-state index is 10.7. The molecule has 1 aliphatic rings. The van der Waals surface area contributed by atoms with Crippen LogP contribution in [0.3, 0.4) is 0 Å². The van der Waals surface area contributed by atoms with Gasteiger partial charge in [0.1, 0.15) is 0 Å². The summed E-state index contributed by atoms with van der Waals surface area (Å²) in [5.74, 6) is -3.27. The van der Waals surface area contributed by atoms with Crippen LogP contribution in [0.4, 0.5) is 0 Å². The number of aliphatic carboxylic acids is 2. The normalized spacial score (nSPS) is 22.9. The fraction of sp³-hybridized carbons (Fsp3) is 0.500. The second-order valence-corrected chi connectivity index (χ2v) is 3.03. The van der Waals surface area contributed by atoms with E-state index < -0.39 is 17.9 Å². The van der Waals surface area contributed by atoms with Crippen molar-refractivity contribution in [3.8, 4) is 0 Å². The van der Waals surface area contributed by atoms with Gasteiger partial charge in [-0.15, -0.1) is 0 Å². The minimum absolute atomic E-state index is 0.140. The topological polar surface area (TPSA) is 101 Å². The molecule has 1 atom stereocenters. The molecule has 1 unspecified atom stereocenters. The van der Waals surface area contributed by atoms with Crippen molar-refractivity contribution < 1.29 is 19.8 Å². The third-order valence-electron chi connectivity index (χ3n) is 2.16. The quantitative estimate of drug-likeness (QED) is 0.569. The first-order valence-electron chi connectivity index (χ1n) is 3.98. The van der Waals surface area contributed by atoms with Crippen LogP contribution in [0.5, 0.6) is 0 Å². The lowest BCUT2D eigenvalue weighted by Crippen LogP contribution is -2.28. The molecule has 1 rings (SSSR count). The Morgan fingerprint density at radius 1 is 1.38 bits per heavy atom. The molecule has 0 amide bonds. The molecule has 0 fully saturated rings. The van der Waals surface area contributed by atoms with Crippen LogP contribution in [-0.2, 0) is 9.59 Å². The smallest absolute Gasteiger partial charge is 0.334 e. The highest BCUT2D eigenvalue weighted by molar-refractivity contribution is 5.94. The van der Waals surface area contributed by atoms with E-state index in [0.29, 0.717) is 19.3 Å². The van der Waals surface area contributed by atoms with Crippen molar-refractivity contribution in [1.82, 2.24) is 0 Å². The summed E-state index contributed by atoms with van der Waals surface area (Å²) in [7, 11) is 0. The molecule has 13 heavy (non-hydrogen) atoms. The van der Waals surface area contributed by atoms with Gasteiger partial charge in [-0.2, -0.15) is 0 Å². The van der Waals surface area contributed by atoms with Crippen molar-refractivity contribution in [3.05, 3.63) is 11.3 Å². The van der Waals surface area contributed by atoms with Crippen LogP contribution in [0, 0.1) is 5.92 Å². The summed E-state index contributed by atoms with van der Waals surface area (Å²) in [6, 6.07) is 0. The Morgan fingerprint density at radius 3 is 2.38 bits per heavy atom. The maximum absolute atomic E-state index is 10.7. The van der Waals surface area contributed by atoms with Crippen molar-refractivity contribution in [2.24, 2.45) is 11.7 Å². The van der Waals surface area contributed by atoms with Crippen LogP contribution >= 0.6 is 0 Å². The summed E-state index contributed by atoms with van der Waals surface area (Å²) in [5, 5.41) is 17.4. The number of carbonyl (C=O) groups is 2. The third kappa shape index (κ3) is 1.80.